The minimum absolute atomic E-state index is 0.00629. The highest BCUT2D eigenvalue weighted by atomic mass is 16.5. The molecule has 0 aromatic rings. The Labute approximate surface area is 105 Å². The summed E-state index contributed by atoms with van der Waals surface area (Å²) in [5.74, 6) is -0.419. The fourth-order valence-electron chi connectivity index (χ4n) is 1.38. The number of ketones is 1. The highest BCUT2D eigenvalue weighted by Crippen LogP contribution is 2.13. The van der Waals surface area contributed by atoms with Gasteiger partial charge in [0, 0.05) is 6.42 Å². The molecule has 0 heterocycles. The second-order valence-electron chi connectivity index (χ2n) is 4.76. The molecule has 0 aliphatic rings. The summed E-state index contributed by atoms with van der Waals surface area (Å²) in [6, 6.07) is 0. The first-order chi connectivity index (χ1) is 8.02. The summed E-state index contributed by atoms with van der Waals surface area (Å²) >= 11 is 0. The third-order valence-corrected chi connectivity index (χ3v) is 3.16. The van der Waals surface area contributed by atoms with Crippen molar-refractivity contribution >= 4 is 11.8 Å². The Hall–Kier alpha value is -0.860. The maximum absolute atomic E-state index is 11.7. The van der Waals surface area contributed by atoms with E-state index < -0.39 is 5.92 Å². The molecule has 2 unspecified atom stereocenters. The lowest BCUT2D eigenvalue weighted by Gasteiger charge is -2.12. The van der Waals surface area contributed by atoms with Gasteiger partial charge < -0.3 is 4.74 Å². The van der Waals surface area contributed by atoms with E-state index in [0.29, 0.717) is 18.9 Å². The second kappa shape index (κ2) is 9.20. The molecule has 3 heteroatoms. The molecule has 100 valence electrons. The van der Waals surface area contributed by atoms with Crippen LogP contribution in [0.2, 0.25) is 0 Å². The molecule has 0 rings (SSSR count). The van der Waals surface area contributed by atoms with Gasteiger partial charge in [0.1, 0.15) is 11.7 Å². The summed E-state index contributed by atoms with van der Waals surface area (Å²) in [4.78, 5) is 23.3. The topological polar surface area (TPSA) is 43.4 Å². The molecule has 0 aromatic carbocycles. The predicted octanol–water partition coefficient (Wildman–Crippen LogP) is 3.36. The van der Waals surface area contributed by atoms with Crippen molar-refractivity contribution in [3.05, 3.63) is 0 Å². The molecule has 0 saturated heterocycles. The van der Waals surface area contributed by atoms with Crippen molar-refractivity contribution in [2.45, 2.75) is 59.8 Å². The summed E-state index contributed by atoms with van der Waals surface area (Å²) < 4.78 is 5.04. The van der Waals surface area contributed by atoms with Crippen LogP contribution in [0.15, 0.2) is 0 Å². The molecule has 3 nitrogen and oxygen atoms in total. The van der Waals surface area contributed by atoms with Gasteiger partial charge in [0.05, 0.1) is 6.61 Å². The first-order valence-corrected chi connectivity index (χ1v) is 6.72. The van der Waals surface area contributed by atoms with Crippen LogP contribution in [0.3, 0.4) is 0 Å². The van der Waals surface area contributed by atoms with Crippen molar-refractivity contribution in [1.29, 1.82) is 0 Å². The van der Waals surface area contributed by atoms with Crippen LogP contribution in [0, 0.1) is 11.8 Å². The Morgan fingerprint density at radius 3 is 2.35 bits per heavy atom. The number of hydrogen-bond acceptors (Lipinski definition) is 3. The molecule has 0 bridgehead atoms. The number of unbranched alkanes of at least 4 members (excludes halogenated alkanes) is 1. The lowest BCUT2D eigenvalue weighted by Crippen LogP contribution is -2.24. The normalized spacial score (nSPS) is 14.1. The van der Waals surface area contributed by atoms with Gasteiger partial charge in [0.25, 0.3) is 0 Å². The van der Waals surface area contributed by atoms with Gasteiger partial charge in [0.2, 0.25) is 0 Å². The number of Topliss-reactive ketones (excluding diaryl/α,β-unsaturated/α-hetero) is 1. The van der Waals surface area contributed by atoms with Crippen LogP contribution in [-0.2, 0) is 14.3 Å². The van der Waals surface area contributed by atoms with Gasteiger partial charge in [-0.1, -0.05) is 33.6 Å². The molecule has 2 atom stereocenters. The molecule has 0 aliphatic carbocycles. The molecule has 0 amide bonds. The maximum Gasteiger partial charge on any atom is 0.316 e. The summed E-state index contributed by atoms with van der Waals surface area (Å²) in [6.45, 7) is 8.34. The Morgan fingerprint density at radius 1 is 1.18 bits per heavy atom. The van der Waals surface area contributed by atoms with Crippen LogP contribution < -0.4 is 0 Å². The standard InChI is InChI=1S/C14H26O3/c1-5-7-10-17-14(16)12(4)13(15)9-8-11(3)6-2/h11-12H,5-10H2,1-4H3. The van der Waals surface area contributed by atoms with Gasteiger partial charge in [-0.05, 0) is 25.7 Å². The number of carbonyl (C=O) groups is 2. The minimum atomic E-state index is -0.601. The molecule has 0 saturated carbocycles. The van der Waals surface area contributed by atoms with Gasteiger partial charge in [-0.25, -0.2) is 0 Å². The smallest absolute Gasteiger partial charge is 0.316 e. The van der Waals surface area contributed by atoms with Crippen molar-refractivity contribution in [2.24, 2.45) is 11.8 Å². The van der Waals surface area contributed by atoms with E-state index in [1.807, 2.05) is 6.92 Å². The summed E-state index contributed by atoms with van der Waals surface area (Å²) in [5, 5.41) is 0. The molecule has 0 radical (unpaired) electrons. The van der Waals surface area contributed by atoms with E-state index in [1.54, 1.807) is 6.92 Å². The Kier molecular flexibility index (Phi) is 8.73. The number of rotatable bonds is 9. The van der Waals surface area contributed by atoms with Crippen LogP contribution >= 0.6 is 0 Å². The number of ether oxygens (including phenoxy) is 1. The van der Waals surface area contributed by atoms with Gasteiger partial charge in [0.15, 0.2) is 0 Å². The predicted molar refractivity (Wildman–Crippen MR) is 68.7 cm³/mol. The zero-order valence-corrected chi connectivity index (χ0v) is 11.6. The Bertz CT molecular complexity index is 236. The first-order valence-electron chi connectivity index (χ1n) is 6.72. The van der Waals surface area contributed by atoms with Crippen molar-refractivity contribution in [2.75, 3.05) is 6.61 Å². The highest BCUT2D eigenvalue weighted by molar-refractivity contribution is 5.98. The first kappa shape index (κ1) is 16.1. The Balaban J connectivity index is 3.90. The molecule has 17 heavy (non-hydrogen) atoms. The third kappa shape index (κ3) is 7.14. The van der Waals surface area contributed by atoms with E-state index in [-0.39, 0.29) is 11.8 Å². The van der Waals surface area contributed by atoms with Crippen molar-refractivity contribution in [3.8, 4) is 0 Å². The SMILES string of the molecule is CCCCOC(=O)C(C)C(=O)CCC(C)CC. The zero-order chi connectivity index (χ0) is 13.3. The van der Waals surface area contributed by atoms with Crippen LogP contribution in [0.1, 0.15) is 59.8 Å². The van der Waals surface area contributed by atoms with E-state index in [1.165, 1.54) is 0 Å². The summed E-state index contributed by atoms with van der Waals surface area (Å²) in [6.07, 6.45) is 4.27. The van der Waals surface area contributed by atoms with Gasteiger partial charge in [-0.2, -0.15) is 0 Å². The number of esters is 1. The molecule has 0 N–H and O–H groups in total. The van der Waals surface area contributed by atoms with Crippen LogP contribution in [-0.4, -0.2) is 18.4 Å². The molecule has 0 aliphatic heterocycles. The minimum Gasteiger partial charge on any atom is -0.465 e. The Morgan fingerprint density at radius 2 is 1.82 bits per heavy atom. The summed E-state index contributed by atoms with van der Waals surface area (Å²) in [5.41, 5.74) is 0. The quantitative estimate of drug-likeness (QED) is 0.354. The molecule has 0 fully saturated rings. The van der Waals surface area contributed by atoms with Crippen LogP contribution in [0.5, 0.6) is 0 Å². The van der Waals surface area contributed by atoms with E-state index >= 15 is 0 Å². The van der Waals surface area contributed by atoms with Crippen LogP contribution in [0.4, 0.5) is 0 Å². The zero-order valence-electron chi connectivity index (χ0n) is 11.6. The van der Waals surface area contributed by atoms with E-state index in [0.717, 1.165) is 25.7 Å². The molecular weight excluding hydrogens is 216 g/mol. The average Bonchev–Trinajstić information content (AvgIpc) is 2.34. The fraction of sp³-hybridized carbons (Fsp3) is 0.857. The monoisotopic (exact) mass is 242 g/mol. The lowest BCUT2D eigenvalue weighted by atomic mass is 9.96. The van der Waals surface area contributed by atoms with Gasteiger partial charge in [-0.15, -0.1) is 0 Å². The van der Waals surface area contributed by atoms with E-state index in [2.05, 4.69) is 13.8 Å². The van der Waals surface area contributed by atoms with Crippen LogP contribution in [0.25, 0.3) is 0 Å². The maximum atomic E-state index is 11.7. The largest absolute Gasteiger partial charge is 0.465 e. The van der Waals surface area contributed by atoms with E-state index in [4.69, 9.17) is 4.74 Å². The number of hydrogen-bond donors (Lipinski definition) is 0. The fourth-order valence-corrected chi connectivity index (χ4v) is 1.38. The molecular formula is C14H26O3. The van der Waals surface area contributed by atoms with Crippen molar-refractivity contribution in [1.82, 2.24) is 0 Å². The van der Waals surface area contributed by atoms with E-state index in [9.17, 15) is 9.59 Å². The van der Waals surface area contributed by atoms with Crippen molar-refractivity contribution < 1.29 is 14.3 Å². The van der Waals surface area contributed by atoms with Gasteiger partial charge in [-0.3, -0.25) is 9.59 Å². The van der Waals surface area contributed by atoms with Gasteiger partial charge >= 0.3 is 5.97 Å². The third-order valence-electron chi connectivity index (χ3n) is 3.16. The van der Waals surface area contributed by atoms with Crippen molar-refractivity contribution in [3.63, 3.8) is 0 Å². The summed E-state index contributed by atoms with van der Waals surface area (Å²) in [7, 11) is 0. The second-order valence-corrected chi connectivity index (χ2v) is 4.76. The highest BCUT2D eigenvalue weighted by Gasteiger charge is 2.22. The molecule has 0 spiro atoms. The molecule has 0 aromatic heterocycles. The number of carbonyl (C=O) groups excluding carboxylic acids is 2. The lowest BCUT2D eigenvalue weighted by molar-refractivity contribution is -0.151. The average molecular weight is 242 g/mol.